The summed E-state index contributed by atoms with van der Waals surface area (Å²) in [5.41, 5.74) is 6.28. The molecular weight excluding hydrogens is 379 g/mol. The Balaban J connectivity index is 1.42. The summed E-state index contributed by atoms with van der Waals surface area (Å²) >= 11 is 0. The van der Waals surface area contributed by atoms with E-state index < -0.39 is 0 Å². The number of carbonyl (C=O) groups excluding carboxylic acids is 1. The third-order valence-electron chi connectivity index (χ3n) is 5.07. The van der Waals surface area contributed by atoms with Gasteiger partial charge in [-0.15, -0.1) is 5.10 Å². The highest BCUT2D eigenvalue weighted by Gasteiger charge is 2.24. The van der Waals surface area contributed by atoms with E-state index in [4.69, 9.17) is 0 Å². The van der Waals surface area contributed by atoms with Gasteiger partial charge in [0.2, 0.25) is 0 Å². The summed E-state index contributed by atoms with van der Waals surface area (Å²) in [5, 5.41) is 11.2. The predicted molar refractivity (Wildman–Crippen MR) is 114 cm³/mol. The van der Waals surface area contributed by atoms with Crippen molar-refractivity contribution in [3.05, 3.63) is 95.4 Å². The molecule has 0 unspecified atom stereocenters. The van der Waals surface area contributed by atoms with Crippen molar-refractivity contribution >= 4 is 23.2 Å². The van der Waals surface area contributed by atoms with E-state index in [1.165, 1.54) is 17.7 Å². The molecule has 1 amide bonds. The van der Waals surface area contributed by atoms with Crippen LogP contribution in [-0.2, 0) is 4.79 Å². The van der Waals surface area contributed by atoms with Crippen LogP contribution in [0, 0.1) is 12.7 Å². The SMILES string of the molecule is Cc1ccc(-n2cc(-c3ccc(/C=C4\C(=O)Nc5ccc(F)cc54)cc3)nn2)cc1. The van der Waals surface area contributed by atoms with Gasteiger partial charge in [0.15, 0.2) is 0 Å². The normalized spacial score (nSPS) is 14.1. The van der Waals surface area contributed by atoms with E-state index in [0.29, 0.717) is 16.8 Å². The first-order valence-corrected chi connectivity index (χ1v) is 9.50. The van der Waals surface area contributed by atoms with Crippen molar-refractivity contribution in [3.8, 4) is 16.9 Å². The van der Waals surface area contributed by atoms with Crippen LogP contribution in [0.4, 0.5) is 10.1 Å². The number of nitrogens with one attached hydrogen (secondary N) is 1. The van der Waals surface area contributed by atoms with Crippen LogP contribution in [0.2, 0.25) is 0 Å². The number of rotatable bonds is 3. The van der Waals surface area contributed by atoms with Crippen LogP contribution in [0.1, 0.15) is 16.7 Å². The molecule has 5 nitrogen and oxygen atoms in total. The molecule has 0 spiro atoms. The number of aryl methyl sites for hydroxylation is 1. The average Bonchev–Trinajstić information content (AvgIpc) is 3.35. The Kier molecular flexibility index (Phi) is 4.25. The number of carbonyl (C=O) groups is 1. The van der Waals surface area contributed by atoms with Crippen LogP contribution in [0.3, 0.4) is 0 Å². The van der Waals surface area contributed by atoms with Crippen LogP contribution in [0.5, 0.6) is 0 Å². The summed E-state index contributed by atoms with van der Waals surface area (Å²) < 4.78 is 15.3. The van der Waals surface area contributed by atoms with Crippen LogP contribution >= 0.6 is 0 Å². The lowest BCUT2D eigenvalue weighted by Gasteiger charge is -2.01. The first kappa shape index (κ1) is 18.0. The number of halogens is 1. The van der Waals surface area contributed by atoms with Gasteiger partial charge in [0.1, 0.15) is 11.5 Å². The molecule has 3 aromatic carbocycles. The number of fused-ring (bicyclic) bond motifs is 1. The fourth-order valence-corrected chi connectivity index (χ4v) is 3.44. The molecule has 0 bridgehead atoms. The van der Waals surface area contributed by atoms with Gasteiger partial charge in [-0.05, 0) is 48.9 Å². The quantitative estimate of drug-likeness (QED) is 0.503. The Morgan fingerprint density at radius 1 is 1.00 bits per heavy atom. The van der Waals surface area contributed by atoms with Crippen LogP contribution in [0.25, 0.3) is 28.6 Å². The minimum Gasteiger partial charge on any atom is -0.321 e. The van der Waals surface area contributed by atoms with Gasteiger partial charge in [-0.2, -0.15) is 0 Å². The first-order chi connectivity index (χ1) is 14.6. The highest BCUT2D eigenvalue weighted by atomic mass is 19.1. The lowest BCUT2D eigenvalue weighted by molar-refractivity contribution is -0.110. The minimum atomic E-state index is -0.372. The summed E-state index contributed by atoms with van der Waals surface area (Å²) in [6, 6.07) is 20.0. The van der Waals surface area contributed by atoms with Crippen molar-refractivity contribution in [3.63, 3.8) is 0 Å². The fourth-order valence-electron chi connectivity index (χ4n) is 3.44. The summed E-state index contributed by atoms with van der Waals surface area (Å²) in [7, 11) is 0. The van der Waals surface area contributed by atoms with E-state index >= 15 is 0 Å². The monoisotopic (exact) mass is 396 g/mol. The van der Waals surface area contributed by atoms with Crippen molar-refractivity contribution in [1.82, 2.24) is 15.0 Å². The second-order valence-electron chi connectivity index (χ2n) is 7.21. The number of hydrogen-bond donors (Lipinski definition) is 1. The summed E-state index contributed by atoms with van der Waals surface area (Å²) in [5.74, 6) is -0.608. The molecule has 0 saturated carbocycles. The molecule has 6 heteroatoms. The number of hydrogen-bond acceptors (Lipinski definition) is 3. The standard InChI is InChI=1S/C24H17FN4O/c1-15-2-9-19(10-3-15)29-14-23(27-28-29)17-6-4-16(5-7-17)12-21-20-13-18(25)8-11-22(20)26-24(21)30/h2-14H,1H3,(H,26,30)/b21-12-. The molecule has 5 rings (SSSR count). The maximum atomic E-state index is 13.6. The molecule has 0 fully saturated rings. The smallest absolute Gasteiger partial charge is 0.256 e. The van der Waals surface area contributed by atoms with Gasteiger partial charge in [0.05, 0.1) is 11.9 Å². The molecule has 1 aliphatic heterocycles. The van der Waals surface area contributed by atoms with E-state index in [0.717, 1.165) is 22.5 Å². The number of aromatic nitrogens is 3. The Hall–Kier alpha value is -4.06. The molecule has 1 aromatic heterocycles. The van der Waals surface area contributed by atoms with Gasteiger partial charge in [-0.1, -0.05) is 47.2 Å². The summed E-state index contributed by atoms with van der Waals surface area (Å²) in [4.78, 5) is 12.3. The van der Waals surface area contributed by atoms with Gasteiger partial charge in [0.25, 0.3) is 5.91 Å². The molecule has 0 radical (unpaired) electrons. The van der Waals surface area contributed by atoms with Crippen molar-refractivity contribution in [2.24, 2.45) is 0 Å². The fraction of sp³-hybridized carbons (Fsp3) is 0.0417. The minimum absolute atomic E-state index is 0.235. The molecule has 0 atom stereocenters. The molecule has 0 aliphatic carbocycles. The Morgan fingerprint density at radius 2 is 1.77 bits per heavy atom. The third kappa shape index (κ3) is 3.28. The van der Waals surface area contributed by atoms with Crippen molar-refractivity contribution in [2.75, 3.05) is 5.32 Å². The highest BCUT2D eigenvalue weighted by molar-refractivity contribution is 6.34. The maximum Gasteiger partial charge on any atom is 0.256 e. The Morgan fingerprint density at radius 3 is 2.53 bits per heavy atom. The molecule has 146 valence electrons. The van der Waals surface area contributed by atoms with Crippen molar-refractivity contribution < 1.29 is 9.18 Å². The third-order valence-corrected chi connectivity index (χ3v) is 5.07. The van der Waals surface area contributed by atoms with Gasteiger partial charge in [-0.3, -0.25) is 4.79 Å². The van der Waals surface area contributed by atoms with Crippen LogP contribution in [0.15, 0.2) is 72.9 Å². The molecule has 4 aromatic rings. The van der Waals surface area contributed by atoms with Crippen LogP contribution < -0.4 is 5.32 Å². The molecule has 1 aliphatic rings. The zero-order valence-electron chi connectivity index (χ0n) is 16.1. The summed E-state index contributed by atoms with van der Waals surface area (Å²) in [6.45, 7) is 2.04. The van der Waals surface area contributed by atoms with Gasteiger partial charge in [0, 0.05) is 22.4 Å². The van der Waals surface area contributed by atoms with Crippen molar-refractivity contribution in [2.45, 2.75) is 6.92 Å². The van der Waals surface area contributed by atoms with Crippen molar-refractivity contribution in [1.29, 1.82) is 0 Å². The first-order valence-electron chi connectivity index (χ1n) is 9.50. The van der Waals surface area contributed by atoms with Gasteiger partial charge < -0.3 is 5.32 Å². The highest BCUT2D eigenvalue weighted by Crippen LogP contribution is 2.33. The second-order valence-corrected chi connectivity index (χ2v) is 7.21. The lowest BCUT2D eigenvalue weighted by atomic mass is 10.0. The molecule has 0 saturated heterocycles. The van der Waals surface area contributed by atoms with Crippen LogP contribution in [-0.4, -0.2) is 20.9 Å². The van der Waals surface area contributed by atoms with E-state index in [2.05, 4.69) is 15.6 Å². The zero-order valence-corrected chi connectivity index (χ0v) is 16.1. The van der Waals surface area contributed by atoms with E-state index in [1.54, 1.807) is 16.8 Å². The lowest BCUT2D eigenvalue weighted by Crippen LogP contribution is -2.03. The number of benzene rings is 3. The Bertz CT molecular complexity index is 1290. The topological polar surface area (TPSA) is 59.8 Å². The molecule has 30 heavy (non-hydrogen) atoms. The molecular formula is C24H17FN4O. The Labute approximate surface area is 172 Å². The van der Waals surface area contributed by atoms with E-state index in [1.807, 2.05) is 61.7 Å². The number of amides is 1. The second kappa shape index (κ2) is 7.08. The average molecular weight is 396 g/mol. The number of anilines is 1. The summed E-state index contributed by atoms with van der Waals surface area (Å²) in [6.07, 6.45) is 3.63. The van der Waals surface area contributed by atoms with Gasteiger partial charge in [-0.25, -0.2) is 9.07 Å². The zero-order chi connectivity index (χ0) is 20.7. The predicted octanol–water partition coefficient (Wildman–Crippen LogP) is 4.87. The molecule has 1 N–H and O–H groups in total. The van der Waals surface area contributed by atoms with Gasteiger partial charge >= 0.3 is 0 Å². The van der Waals surface area contributed by atoms with E-state index in [9.17, 15) is 9.18 Å². The maximum absolute atomic E-state index is 13.6. The van der Waals surface area contributed by atoms with E-state index in [-0.39, 0.29) is 11.7 Å². The largest absolute Gasteiger partial charge is 0.321 e. The molecule has 2 heterocycles. The number of nitrogens with zero attached hydrogens (tertiary/aromatic N) is 3.